The Morgan fingerprint density at radius 1 is 1.19 bits per heavy atom. The third-order valence-electron chi connectivity index (χ3n) is 5.78. The van der Waals surface area contributed by atoms with Gasteiger partial charge in [-0.2, -0.15) is 0 Å². The Morgan fingerprint density at radius 2 is 1.94 bits per heavy atom. The van der Waals surface area contributed by atoms with Crippen molar-refractivity contribution in [1.29, 1.82) is 0 Å². The summed E-state index contributed by atoms with van der Waals surface area (Å²) in [7, 11) is 0. The van der Waals surface area contributed by atoms with Crippen molar-refractivity contribution in [3.8, 4) is 0 Å². The Balaban J connectivity index is 1.83. The van der Waals surface area contributed by atoms with E-state index in [9.17, 15) is 24.6 Å². The van der Waals surface area contributed by atoms with Gasteiger partial charge in [0.15, 0.2) is 5.54 Å². The van der Waals surface area contributed by atoms with Gasteiger partial charge in [-0.3, -0.25) is 29.6 Å². The molecule has 3 N–H and O–H groups in total. The summed E-state index contributed by atoms with van der Waals surface area (Å²) < 4.78 is 0. The molecule has 4 unspecified atom stereocenters. The largest absolute Gasteiger partial charge is 0.480 e. The maximum absolute atomic E-state index is 13.3. The fourth-order valence-corrected chi connectivity index (χ4v) is 5.09. The molecule has 0 bridgehead atoms. The minimum Gasteiger partial charge on any atom is -0.480 e. The van der Waals surface area contributed by atoms with Gasteiger partial charge in [-0.05, 0) is 29.8 Å². The molecule has 2 aliphatic rings. The van der Waals surface area contributed by atoms with Crippen molar-refractivity contribution in [1.82, 2.24) is 15.2 Å². The van der Waals surface area contributed by atoms with Gasteiger partial charge < -0.3 is 10.2 Å². The number of pyridine rings is 1. The molecule has 2 aromatic rings. The van der Waals surface area contributed by atoms with E-state index in [1.165, 1.54) is 18.3 Å². The number of carboxylic acid groups (broad SMARTS) is 1. The third kappa shape index (κ3) is 3.39. The molecule has 2 fully saturated rings. The molecular weight excluding hydrogens is 469 g/mol. The monoisotopic (exact) mass is 483 g/mol. The van der Waals surface area contributed by atoms with Crippen LogP contribution in [-0.2, 0) is 20.9 Å². The number of nitrogens with zero attached hydrogens (tertiary/aromatic N) is 2. The Hall–Kier alpha value is -2.23. The number of nitrogens with one attached hydrogen (secondary N) is 1. The lowest BCUT2D eigenvalue weighted by Crippen LogP contribution is -2.58. The van der Waals surface area contributed by atoms with Crippen LogP contribution in [0, 0.1) is 11.8 Å². The summed E-state index contributed by atoms with van der Waals surface area (Å²) in [5.74, 6) is -5.26. The van der Waals surface area contributed by atoms with Crippen LogP contribution in [0.2, 0.25) is 15.1 Å². The summed E-state index contributed by atoms with van der Waals surface area (Å²) in [5.41, 5.74) is -1.35. The van der Waals surface area contributed by atoms with Crippen molar-refractivity contribution in [3.05, 3.63) is 62.9 Å². The molecule has 3 heterocycles. The zero-order valence-corrected chi connectivity index (χ0v) is 18.0. The van der Waals surface area contributed by atoms with Gasteiger partial charge >= 0.3 is 5.97 Å². The first kappa shape index (κ1) is 22.0. The number of halogens is 3. The van der Waals surface area contributed by atoms with Gasteiger partial charge in [0, 0.05) is 17.3 Å². The summed E-state index contributed by atoms with van der Waals surface area (Å²) in [6.45, 7) is -1.04. The normalized spacial score (nSPS) is 27.6. The number of carbonyl (C=O) groups excluding carboxylic acids is 2. The van der Waals surface area contributed by atoms with E-state index in [-0.39, 0.29) is 27.2 Å². The molecule has 1 aromatic carbocycles. The predicted octanol–water partition coefficient (Wildman–Crippen LogP) is 2.30. The number of carbonyl (C=O) groups is 3. The number of fused-ring (bicyclic) bond motifs is 1. The number of aromatic nitrogens is 1. The SMILES string of the molecule is O=C1C2C(c3cc(Cl)cc(Cl)c3Cl)NC(CO)(C(=O)O)C2C(=O)N1Cc1ccccn1. The second kappa shape index (κ2) is 8.03. The minimum absolute atomic E-state index is 0.0740. The highest BCUT2D eigenvalue weighted by atomic mass is 35.5. The minimum atomic E-state index is -2.08. The summed E-state index contributed by atoms with van der Waals surface area (Å²) in [4.78, 5) is 43.9. The molecule has 4 atom stereocenters. The number of aliphatic hydroxyl groups excluding tert-OH is 1. The molecule has 0 aliphatic carbocycles. The van der Waals surface area contributed by atoms with E-state index in [0.29, 0.717) is 5.69 Å². The van der Waals surface area contributed by atoms with Crippen molar-refractivity contribution in [2.75, 3.05) is 6.61 Å². The summed E-state index contributed by atoms with van der Waals surface area (Å²) in [6.07, 6.45) is 1.52. The maximum atomic E-state index is 13.3. The smallest absolute Gasteiger partial charge is 0.327 e. The topological polar surface area (TPSA) is 120 Å². The molecule has 0 saturated carbocycles. The van der Waals surface area contributed by atoms with Gasteiger partial charge in [-0.25, -0.2) is 0 Å². The van der Waals surface area contributed by atoms with Gasteiger partial charge in [0.1, 0.15) is 0 Å². The first-order valence-corrected chi connectivity index (χ1v) is 10.4. The summed E-state index contributed by atoms with van der Waals surface area (Å²) >= 11 is 18.6. The number of imide groups is 1. The van der Waals surface area contributed by atoms with Crippen LogP contribution in [0.4, 0.5) is 0 Å². The van der Waals surface area contributed by atoms with Crippen LogP contribution in [0.25, 0.3) is 0 Å². The van der Waals surface area contributed by atoms with Gasteiger partial charge in [-0.15, -0.1) is 0 Å². The Morgan fingerprint density at radius 3 is 2.55 bits per heavy atom. The first-order valence-electron chi connectivity index (χ1n) is 9.22. The third-order valence-corrected chi connectivity index (χ3v) is 6.81. The molecule has 2 amide bonds. The number of hydrogen-bond donors (Lipinski definition) is 3. The second-order valence-electron chi connectivity index (χ2n) is 7.43. The molecule has 162 valence electrons. The quantitative estimate of drug-likeness (QED) is 0.440. The Bertz CT molecular complexity index is 1080. The molecule has 11 heteroatoms. The van der Waals surface area contributed by atoms with Crippen LogP contribution >= 0.6 is 34.8 Å². The van der Waals surface area contributed by atoms with E-state index in [2.05, 4.69) is 10.3 Å². The van der Waals surface area contributed by atoms with Gasteiger partial charge in [0.2, 0.25) is 11.8 Å². The number of benzene rings is 1. The molecule has 1 aromatic heterocycles. The molecule has 2 saturated heterocycles. The van der Waals surface area contributed by atoms with E-state index in [4.69, 9.17) is 34.8 Å². The van der Waals surface area contributed by atoms with E-state index < -0.39 is 47.8 Å². The van der Waals surface area contributed by atoms with E-state index in [1.807, 2.05) is 0 Å². The van der Waals surface area contributed by atoms with Gasteiger partial charge in [-0.1, -0.05) is 40.9 Å². The number of likely N-dealkylation sites (tertiary alicyclic amines) is 1. The highest BCUT2D eigenvalue weighted by Gasteiger charge is 2.68. The van der Waals surface area contributed by atoms with E-state index in [1.54, 1.807) is 18.2 Å². The van der Waals surface area contributed by atoms with Crippen LogP contribution in [0.5, 0.6) is 0 Å². The number of hydrogen-bond acceptors (Lipinski definition) is 6. The van der Waals surface area contributed by atoms with Crippen LogP contribution in [0.1, 0.15) is 17.3 Å². The maximum Gasteiger partial charge on any atom is 0.327 e. The lowest BCUT2D eigenvalue weighted by molar-refractivity contribution is -0.153. The van der Waals surface area contributed by atoms with Gasteiger partial charge in [0.05, 0.1) is 40.7 Å². The van der Waals surface area contributed by atoms with E-state index in [0.717, 1.165) is 4.90 Å². The number of rotatable bonds is 5. The molecule has 2 aliphatic heterocycles. The van der Waals surface area contributed by atoms with Gasteiger partial charge in [0.25, 0.3) is 0 Å². The molecule has 0 spiro atoms. The van der Waals surface area contributed by atoms with Crippen LogP contribution in [-0.4, -0.2) is 50.0 Å². The highest BCUT2D eigenvalue weighted by molar-refractivity contribution is 6.43. The van der Waals surface area contributed by atoms with Crippen molar-refractivity contribution in [2.45, 2.75) is 18.1 Å². The fourth-order valence-electron chi connectivity index (χ4n) is 4.35. The number of amides is 2. The summed E-state index contributed by atoms with van der Waals surface area (Å²) in [6, 6.07) is 6.90. The van der Waals surface area contributed by atoms with Crippen LogP contribution < -0.4 is 5.32 Å². The second-order valence-corrected chi connectivity index (χ2v) is 8.66. The highest BCUT2D eigenvalue weighted by Crippen LogP contribution is 2.51. The van der Waals surface area contributed by atoms with Crippen LogP contribution in [0.3, 0.4) is 0 Å². The van der Waals surface area contributed by atoms with Crippen molar-refractivity contribution in [3.63, 3.8) is 0 Å². The average Bonchev–Trinajstić information content (AvgIpc) is 3.21. The van der Waals surface area contributed by atoms with Crippen molar-refractivity contribution >= 4 is 52.6 Å². The molecular formula is C20H16Cl3N3O5. The number of carboxylic acids is 1. The van der Waals surface area contributed by atoms with Crippen molar-refractivity contribution < 1.29 is 24.6 Å². The predicted molar refractivity (Wildman–Crippen MR) is 112 cm³/mol. The standard InChI is InChI=1S/C20H16Cl3N3O5/c21-9-5-11(15(23)12(22)6-9)16-13-14(20(8-27,25-16)19(30)31)18(29)26(17(13)28)7-10-3-1-2-4-24-10/h1-6,13-14,16,25,27H,7-8H2,(H,30,31). The Kier molecular flexibility index (Phi) is 5.70. The number of aliphatic hydroxyl groups is 1. The molecule has 4 rings (SSSR count). The van der Waals surface area contributed by atoms with Crippen molar-refractivity contribution in [2.24, 2.45) is 11.8 Å². The first-order chi connectivity index (χ1) is 14.7. The lowest BCUT2D eigenvalue weighted by Gasteiger charge is -2.29. The zero-order chi connectivity index (χ0) is 22.5. The number of aliphatic carboxylic acids is 1. The average molecular weight is 485 g/mol. The fraction of sp³-hybridized carbons (Fsp3) is 0.300. The van der Waals surface area contributed by atoms with Crippen LogP contribution in [0.15, 0.2) is 36.5 Å². The molecule has 0 radical (unpaired) electrons. The Labute approximate surface area is 191 Å². The molecule has 8 nitrogen and oxygen atoms in total. The lowest BCUT2D eigenvalue weighted by atomic mass is 9.79. The molecule has 31 heavy (non-hydrogen) atoms. The summed E-state index contributed by atoms with van der Waals surface area (Å²) in [5, 5.41) is 23.2. The zero-order valence-electron chi connectivity index (χ0n) is 15.8. The van der Waals surface area contributed by atoms with E-state index >= 15 is 0 Å².